The average Bonchev–Trinajstić information content (AvgIpc) is 2.78. The van der Waals surface area contributed by atoms with Gasteiger partial charge in [0.15, 0.2) is 0 Å². The van der Waals surface area contributed by atoms with Gasteiger partial charge < -0.3 is 9.47 Å². The fourth-order valence-corrected chi connectivity index (χ4v) is 2.95. The Bertz CT molecular complexity index is 441. The van der Waals surface area contributed by atoms with Crippen molar-refractivity contribution < 1.29 is 13.9 Å². The second kappa shape index (κ2) is 5.76. The quantitative estimate of drug-likeness (QED) is 0.766. The summed E-state index contributed by atoms with van der Waals surface area (Å²) in [6.45, 7) is 2.66. The summed E-state index contributed by atoms with van der Waals surface area (Å²) in [5.74, 6) is 0.360. The Morgan fingerprint density at radius 1 is 1.56 bits per heavy atom. The van der Waals surface area contributed by atoms with Crippen LogP contribution in [0.5, 0.6) is 5.75 Å². The summed E-state index contributed by atoms with van der Waals surface area (Å²) in [6.07, 6.45) is 1.14. The van der Waals surface area contributed by atoms with Gasteiger partial charge in [-0.1, -0.05) is 0 Å². The van der Waals surface area contributed by atoms with Crippen LogP contribution in [-0.2, 0) is 4.74 Å². The standard InChI is InChI=1S/C13H15BrClFO2/c1-7-3-8(6-18-7)13(15)9-4-10(14)11(16)5-12(9)17-2/h4-5,7-8,13H,3,6H2,1-2H3. The molecule has 1 aromatic carbocycles. The highest BCUT2D eigenvalue weighted by atomic mass is 79.9. The van der Waals surface area contributed by atoms with E-state index in [0.29, 0.717) is 16.8 Å². The lowest BCUT2D eigenvalue weighted by Crippen LogP contribution is -2.09. The third kappa shape index (κ3) is 2.81. The Morgan fingerprint density at radius 3 is 2.83 bits per heavy atom. The zero-order chi connectivity index (χ0) is 13.3. The molecule has 0 amide bonds. The molecule has 1 saturated heterocycles. The molecule has 1 heterocycles. The summed E-state index contributed by atoms with van der Waals surface area (Å²) in [4.78, 5) is 0. The van der Waals surface area contributed by atoms with Crippen LogP contribution in [-0.4, -0.2) is 19.8 Å². The van der Waals surface area contributed by atoms with Gasteiger partial charge in [0.05, 0.1) is 29.7 Å². The van der Waals surface area contributed by atoms with E-state index in [1.165, 1.54) is 13.2 Å². The van der Waals surface area contributed by atoms with E-state index >= 15 is 0 Å². The van der Waals surface area contributed by atoms with E-state index in [-0.39, 0.29) is 23.2 Å². The number of halogens is 3. The van der Waals surface area contributed by atoms with Crippen LogP contribution in [0.25, 0.3) is 0 Å². The highest BCUT2D eigenvalue weighted by molar-refractivity contribution is 9.10. The molecular formula is C13H15BrClFO2. The minimum Gasteiger partial charge on any atom is -0.496 e. The molecule has 0 saturated carbocycles. The van der Waals surface area contributed by atoms with Crippen molar-refractivity contribution >= 4 is 27.5 Å². The number of hydrogen-bond acceptors (Lipinski definition) is 2. The van der Waals surface area contributed by atoms with E-state index in [9.17, 15) is 4.39 Å². The van der Waals surface area contributed by atoms with Gasteiger partial charge in [0.2, 0.25) is 0 Å². The minimum absolute atomic E-state index is 0.228. The maximum Gasteiger partial charge on any atom is 0.141 e. The normalized spacial score (nSPS) is 25.2. The summed E-state index contributed by atoms with van der Waals surface area (Å²) in [7, 11) is 1.52. The monoisotopic (exact) mass is 336 g/mol. The summed E-state index contributed by atoms with van der Waals surface area (Å²) >= 11 is 9.66. The molecule has 0 radical (unpaired) electrons. The van der Waals surface area contributed by atoms with Crippen molar-refractivity contribution in [1.82, 2.24) is 0 Å². The van der Waals surface area contributed by atoms with Crippen LogP contribution in [0.4, 0.5) is 4.39 Å². The Morgan fingerprint density at radius 2 is 2.28 bits per heavy atom. The van der Waals surface area contributed by atoms with Gasteiger partial charge in [-0.15, -0.1) is 11.6 Å². The Kier molecular flexibility index (Phi) is 4.51. The number of rotatable bonds is 3. The highest BCUT2D eigenvalue weighted by Gasteiger charge is 2.31. The molecule has 100 valence electrons. The van der Waals surface area contributed by atoms with Gasteiger partial charge in [-0.2, -0.15) is 0 Å². The van der Waals surface area contributed by atoms with Crippen molar-refractivity contribution in [2.24, 2.45) is 5.92 Å². The van der Waals surface area contributed by atoms with Crippen LogP contribution in [0, 0.1) is 11.7 Å². The van der Waals surface area contributed by atoms with Crippen molar-refractivity contribution in [1.29, 1.82) is 0 Å². The summed E-state index contributed by atoms with van der Waals surface area (Å²) in [5, 5.41) is -0.234. The smallest absolute Gasteiger partial charge is 0.141 e. The highest BCUT2D eigenvalue weighted by Crippen LogP contribution is 2.41. The molecule has 0 bridgehead atoms. The largest absolute Gasteiger partial charge is 0.496 e. The fraction of sp³-hybridized carbons (Fsp3) is 0.538. The molecule has 1 aromatic rings. The van der Waals surface area contributed by atoms with Gasteiger partial charge in [0, 0.05) is 17.5 Å². The van der Waals surface area contributed by atoms with Crippen molar-refractivity contribution in [3.05, 3.63) is 28.0 Å². The fourth-order valence-electron chi connectivity index (χ4n) is 2.24. The lowest BCUT2D eigenvalue weighted by molar-refractivity contribution is 0.119. The van der Waals surface area contributed by atoms with Crippen LogP contribution in [0.1, 0.15) is 24.3 Å². The number of hydrogen-bond donors (Lipinski definition) is 0. The molecule has 3 atom stereocenters. The lowest BCUT2D eigenvalue weighted by Gasteiger charge is -2.19. The Labute approximate surface area is 120 Å². The van der Waals surface area contributed by atoms with Crippen molar-refractivity contribution in [3.8, 4) is 5.75 Å². The molecule has 0 aromatic heterocycles. The molecule has 0 aliphatic carbocycles. The molecule has 1 fully saturated rings. The summed E-state index contributed by atoms with van der Waals surface area (Å²) in [5.41, 5.74) is 0.801. The first-order chi connectivity index (χ1) is 8.52. The molecule has 18 heavy (non-hydrogen) atoms. The maximum absolute atomic E-state index is 13.5. The molecule has 0 spiro atoms. The SMILES string of the molecule is COc1cc(F)c(Br)cc1C(Cl)C1COC(C)C1. The molecule has 5 heteroatoms. The first kappa shape index (κ1) is 14.1. The zero-order valence-corrected chi connectivity index (χ0v) is 12.6. The van der Waals surface area contributed by atoms with Gasteiger partial charge in [-0.3, -0.25) is 0 Å². The Hall–Kier alpha value is -0.320. The molecule has 2 rings (SSSR count). The molecule has 3 unspecified atom stereocenters. The van der Waals surface area contributed by atoms with Crippen LogP contribution >= 0.6 is 27.5 Å². The van der Waals surface area contributed by atoms with Gasteiger partial charge in [-0.05, 0) is 35.3 Å². The maximum atomic E-state index is 13.5. The number of ether oxygens (including phenoxy) is 2. The van der Waals surface area contributed by atoms with E-state index in [2.05, 4.69) is 15.9 Å². The van der Waals surface area contributed by atoms with Crippen LogP contribution in [0.2, 0.25) is 0 Å². The molecule has 1 aliphatic heterocycles. The molecular weight excluding hydrogens is 322 g/mol. The van der Waals surface area contributed by atoms with Crippen molar-refractivity contribution in [2.45, 2.75) is 24.8 Å². The summed E-state index contributed by atoms with van der Waals surface area (Å²) < 4.78 is 24.6. The molecule has 2 nitrogen and oxygen atoms in total. The van der Waals surface area contributed by atoms with E-state index in [4.69, 9.17) is 21.1 Å². The minimum atomic E-state index is -0.351. The van der Waals surface area contributed by atoms with E-state index in [0.717, 1.165) is 12.0 Å². The number of methoxy groups -OCH3 is 1. The first-order valence-corrected chi connectivity index (χ1v) is 7.04. The molecule has 0 N–H and O–H groups in total. The zero-order valence-electron chi connectivity index (χ0n) is 10.3. The van der Waals surface area contributed by atoms with Gasteiger partial charge >= 0.3 is 0 Å². The number of benzene rings is 1. The third-order valence-electron chi connectivity index (χ3n) is 3.21. The van der Waals surface area contributed by atoms with Crippen LogP contribution in [0.15, 0.2) is 16.6 Å². The number of alkyl halides is 1. The van der Waals surface area contributed by atoms with Crippen LogP contribution < -0.4 is 4.74 Å². The van der Waals surface area contributed by atoms with E-state index in [1.807, 2.05) is 6.92 Å². The summed E-state index contributed by atoms with van der Waals surface area (Å²) in [6, 6.07) is 3.04. The van der Waals surface area contributed by atoms with Crippen molar-refractivity contribution in [3.63, 3.8) is 0 Å². The lowest BCUT2D eigenvalue weighted by atomic mass is 9.95. The molecule has 1 aliphatic rings. The average molecular weight is 338 g/mol. The Balaban J connectivity index is 2.29. The predicted octanol–water partition coefficient (Wildman–Crippen LogP) is 4.30. The second-order valence-corrected chi connectivity index (χ2v) is 5.87. The van der Waals surface area contributed by atoms with E-state index in [1.54, 1.807) is 6.07 Å². The predicted molar refractivity (Wildman–Crippen MR) is 72.8 cm³/mol. The topological polar surface area (TPSA) is 18.5 Å². The first-order valence-electron chi connectivity index (χ1n) is 5.81. The van der Waals surface area contributed by atoms with E-state index < -0.39 is 0 Å². The third-order valence-corrected chi connectivity index (χ3v) is 4.41. The van der Waals surface area contributed by atoms with Gasteiger partial charge in [0.1, 0.15) is 11.6 Å². The van der Waals surface area contributed by atoms with Crippen LogP contribution in [0.3, 0.4) is 0 Å². The van der Waals surface area contributed by atoms with Gasteiger partial charge in [-0.25, -0.2) is 4.39 Å². The second-order valence-electron chi connectivity index (χ2n) is 4.55. The van der Waals surface area contributed by atoms with Crippen molar-refractivity contribution in [2.75, 3.05) is 13.7 Å². The van der Waals surface area contributed by atoms with Gasteiger partial charge in [0.25, 0.3) is 0 Å².